The highest BCUT2D eigenvalue weighted by Gasteiger charge is 2.09. The van der Waals surface area contributed by atoms with Crippen LogP contribution in [0.25, 0.3) is 0 Å². The van der Waals surface area contributed by atoms with Crippen LogP contribution in [0.5, 0.6) is 0 Å². The summed E-state index contributed by atoms with van der Waals surface area (Å²) >= 11 is 0. The van der Waals surface area contributed by atoms with Crippen molar-refractivity contribution in [3.05, 3.63) is 53.9 Å². The van der Waals surface area contributed by atoms with Crippen molar-refractivity contribution >= 4 is 0 Å². The van der Waals surface area contributed by atoms with Crippen molar-refractivity contribution in [2.24, 2.45) is 5.73 Å². The van der Waals surface area contributed by atoms with Crippen LogP contribution >= 0.6 is 0 Å². The van der Waals surface area contributed by atoms with Gasteiger partial charge in [-0.2, -0.15) is 5.10 Å². The minimum Gasteiger partial charge on any atom is -0.330 e. The minimum absolute atomic E-state index is 0.408. The fourth-order valence-corrected chi connectivity index (χ4v) is 2.35. The van der Waals surface area contributed by atoms with Gasteiger partial charge in [-0.05, 0) is 38.4 Å². The first-order chi connectivity index (χ1) is 10.2. The molecule has 1 heterocycles. The van der Waals surface area contributed by atoms with E-state index < -0.39 is 0 Å². The molecule has 0 radical (unpaired) electrons. The minimum atomic E-state index is 0.408. The summed E-state index contributed by atoms with van der Waals surface area (Å²) in [6.07, 6.45) is 3.07. The van der Waals surface area contributed by atoms with Crippen LogP contribution in [0.1, 0.15) is 37.6 Å². The van der Waals surface area contributed by atoms with Gasteiger partial charge in [0.05, 0.1) is 5.69 Å². The van der Waals surface area contributed by atoms with Gasteiger partial charge in [-0.25, -0.2) is 0 Å². The Balaban J connectivity index is 2.01. The van der Waals surface area contributed by atoms with Crippen LogP contribution in [-0.2, 0) is 13.1 Å². The molecule has 2 rings (SSSR count). The lowest BCUT2D eigenvalue weighted by atomic mass is 10.2. The first-order valence-electron chi connectivity index (χ1n) is 7.69. The second-order valence-electron chi connectivity index (χ2n) is 5.72. The molecular formula is C17H26N4. The van der Waals surface area contributed by atoms with Crippen LogP contribution in [0.2, 0.25) is 0 Å². The van der Waals surface area contributed by atoms with Gasteiger partial charge in [0.25, 0.3) is 0 Å². The van der Waals surface area contributed by atoms with Gasteiger partial charge >= 0.3 is 0 Å². The molecule has 0 saturated carbocycles. The van der Waals surface area contributed by atoms with E-state index in [1.807, 2.05) is 4.68 Å². The van der Waals surface area contributed by atoms with Gasteiger partial charge in [0.15, 0.2) is 0 Å². The van der Waals surface area contributed by atoms with Gasteiger partial charge in [-0.3, -0.25) is 9.58 Å². The van der Waals surface area contributed by atoms with E-state index >= 15 is 0 Å². The van der Waals surface area contributed by atoms with Crippen molar-refractivity contribution in [2.45, 2.75) is 39.4 Å². The molecule has 21 heavy (non-hydrogen) atoms. The first-order valence-corrected chi connectivity index (χ1v) is 7.69. The fourth-order valence-electron chi connectivity index (χ4n) is 2.35. The van der Waals surface area contributed by atoms with Crippen molar-refractivity contribution in [2.75, 3.05) is 13.1 Å². The molecule has 0 spiro atoms. The predicted molar refractivity (Wildman–Crippen MR) is 86.8 cm³/mol. The second kappa shape index (κ2) is 7.96. The van der Waals surface area contributed by atoms with E-state index in [0.717, 1.165) is 38.3 Å². The third kappa shape index (κ3) is 4.99. The number of rotatable bonds is 8. The van der Waals surface area contributed by atoms with Crippen molar-refractivity contribution < 1.29 is 0 Å². The molecule has 4 heteroatoms. The molecule has 0 bridgehead atoms. The van der Waals surface area contributed by atoms with E-state index in [9.17, 15) is 0 Å². The molecular weight excluding hydrogens is 260 g/mol. The number of benzene rings is 1. The molecule has 0 aliphatic carbocycles. The average Bonchev–Trinajstić information content (AvgIpc) is 2.94. The standard InChI is InChI=1S/C17H26N4/c1-15(2)21-12-9-17(19-21)14-20(11-6-10-18)13-16-7-4-3-5-8-16/h3-5,7-9,12,15H,6,10-11,13-14,18H2,1-2H3. The summed E-state index contributed by atoms with van der Waals surface area (Å²) in [6, 6.07) is 13.1. The monoisotopic (exact) mass is 286 g/mol. The topological polar surface area (TPSA) is 47.1 Å². The van der Waals surface area contributed by atoms with Crippen LogP contribution in [0.4, 0.5) is 0 Å². The highest BCUT2D eigenvalue weighted by Crippen LogP contribution is 2.11. The zero-order valence-electron chi connectivity index (χ0n) is 13.1. The summed E-state index contributed by atoms with van der Waals surface area (Å²) in [4.78, 5) is 2.41. The molecule has 0 saturated heterocycles. The van der Waals surface area contributed by atoms with Crippen LogP contribution in [-0.4, -0.2) is 27.8 Å². The highest BCUT2D eigenvalue weighted by atomic mass is 15.3. The van der Waals surface area contributed by atoms with Crippen molar-refractivity contribution in [1.29, 1.82) is 0 Å². The molecule has 0 aliphatic rings. The molecule has 0 atom stereocenters. The largest absolute Gasteiger partial charge is 0.330 e. The maximum atomic E-state index is 5.66. The van der Waals surface area contributed by atoms with Crippen LogP contribution < -0.4 is 5.73 Å². The lowest BCUT2D eigenvalue weighted by Crippen LogP contribution is -2.26. The van der Waals surface area contributed by atoms with Crippen LogP contribution in [0.15, 0.2) is 42.6 Å². The Labute approximate surface area is 127 Å². The van der Waals surface area contributed by atoms with Gasteiger partial charge in [0, 0.05) is 31.9 Å². The summed E-state index contributed by atoms with van der Waals surface area (Å²) in [6.45, 7) is 7.83. The summed E-state index contributed by atoms with van der Waals surface area (Å²) < 4.78 is 2.01. The lowest BCUT2D eigenvalue weighted by molar-refractivity contribution is 0.250. The summed E-state index contributed by atoms with van der Waals surface area (Å²) in [5.41, 5.74) is 8.11. The quantitative estimate of drug-likeness (QED) is 0.811. The zero-order chi connectivity index (χ0) is 15.1. The number of hydrogen-bond donors (Lipinski definition) is 1. The Hall–Kier alpha value is -1.65. The third-order valence-electron chi connectivity index (χ3n) is 3.51. The maximum absolute atomic E-state index is 5.66. The summed E-state index contributed by atoms with van der Waals surface area (Å²) in [5, 5.41) is 4.64. The molecule has 0 fully saturated rings. The molecule has 1 aromatic heterocycles. The van der Waals surface area contributed by atoms with Gasteiger partial charge in [0.1, 0.15) is 0 Å². The molecule has 2 N–H and O–H groups in total. The lowest BCUT2D eigenvalue weighted by Gasteiger charge is -2.21. The van der Waals surface area contributed by atoms with Gasteiger partial charge in [0.2, 0.25) is 0 Å². The fraction of sp³-hybridized carbons (Fsp3) is 0.471. The molecule has 0 aliphatic heterocycles. The van der Waals surface area contributed by atoms with Gasteiger partial charge in [-0.1, -0.05) is 30.3 Å². The van der Waals surface area contributed by atoms with Crippen molar-refractivity contribution in [1.82, 2.24) is 14.7 Å². The van der Waals surface area contributed by atoms with E-state index in [1.54, 1.807) is 0 Å². The molecule has 114 valence electrons. The Bertz CT molecular complexity index is 519. The Morgan fingerprint density at radius 3 is 2.52 bits per heavy atom. The van der Waals surface area contributed by atoms with Gasteiger partial charge < -0.3 is 5.73 Å². The van der Waals surface area contributed by atoms with E-state index in [4.69, 9.17) is 5.73 Å². The normalized spacial score (nSPS) is 11.5. The van der Waals surface area contributed by atoms with Crippen molar-refractivity contribution in [3.63, 3.8) is 0 Å². The van der Waals surface area contributed by atoms with E-state index in [2.05, 4.69) is 66.4 Å². The highest BCUT2D eigenvalue weighted by molar-refractivity contribution is 5.14. The molecule has 4 nitrogen and oxygen atoms in total. The molecule has 1 aromatic carbocycles. The van der Waals surface area contributed by atoms with E-state index in [0.29, 0.717) is 6.04 Å². The summed E-state index contributed by atoms with van der Waals surface area (Å²) in [7, 11) is 0. The number of nitrogens with two attached hydrogens (primary N) is 1. The Morgan fingerprint density at radius 1 is 1.14 bits per heavy atom. The summed E-state index contributed by atoms with van der Waals surface area (Å²) in [5.74, 6) is 0. The van der Waals surface area contributed by atoms with Crippen molar-refractivity contribution in [3.8, 4) is 0 Å². The van der Waals surface area contributed by atoms with Crippen LogP contribution in [0, 0.1) is 0 Å². The maximum Gasteiger partial charge on any atom is 0.0765 e. The first kappa shape index (κ1) is 15.7. The molecule has 0 unspecified atom stereocenters. The number of nitrogens with zero attached hydrogens (tertiary/aromatic N) is 3. The zero-order valence-corrected chi connectivity index (χ0v) is 13.1. The second-order valence-corrected chi connectivity index (χ2v) is 5.72. The average molecular weight is 286 g/mol. The SMILES string of the molecule is CC(C)n1ccc(CN(CCCN)Cc2ccccc2)n1. The Kier molecular flexibility index (Phi) is 5.96. The smallest absolute Gasteiger partial charge is 0.0765 e. The predicted octanol–water partition coefficient (Wildman–Crippen LogP) is 2.82. The Morgan fingerprint density at radius 2 is 1.90 bits per heavy atom. The van der Waals surface area contributed by atoms with E-state index in [-0.39, 0.29) is 0 Å². The van der Waals surface area contributed by atoms with Crippen LogP contribution in [0.3, 0.4) is 0 Å². The number of hydrogen-bond acceptors (Lipinski definition) is 3. The molecule has 0 amide bonds. The van der Waals surface area contributed by atoms with Gasteiger partial charge in [-0.15, -0.1) is 0 Å². The molecule has 2 aromatic rings. The third-order valence-corrected chi connectivity index (χ3v) is 3.51. The number of aromatic nitrogens is 2. The van der Waals surface area contributed by atoms with E-state index in [1.165, 1.54) is 5.56 Å².